The van der Waals surface area contributed by atoms with E-state index in [1.165, 1.54) is 11.8 Å². The quantitative estimate of drug-likeness (QED) is 0.506. The van der Waals surface area contributed by atoms with Gasteiger partial charge in [-0.3, -0.25) is 9.69 Å². The van der Waals surface area contributed by atoms with Gasteiger partial charge in [-0.05, 0) is 41.8 Å². The zero-order valence-corrected chi connectivity index (χ0v) is 17.2. The smallest absolute Gasteiger partial charge is 0.239 e. The van der Waals surface area contributed by atoms with Gasteiger partial charge in [0.25, 0.3) is 0 Å². The largest absolute Gasteiger partial charge is 0.493 e. The summed E-state index contributed by atoms with van der Waals surface area (Å²) < 4.78 is 10.6. The molecule has 1 fully saturated rings. The Hall–Kier alpha value is -2.51. The van der Waals surface area contributed by atoms with E-state index in [4.69, 9.17) is 21.1 Å². The summed E-state index contributed by atoms with van der Waals surface area (Å²) in [6.45, 7) is 0.524. The molecule has 0 atom stereocenters. The molecule has 1 aliphatic heterocycles. The first-order chi connectivity index (χ1) is 13.6. The van der Waals surface area contributed by atoms with E-state index < -0.39 is 0 Å². The molecule has 0 aliphatic carbocycles. The number of ether oxygens (including phenoxy) is 2. The average molecular weight is 418 g/mol. The minimum atomic E-state index is 0.0333. The second kappa shape index (κ2) is 9.61. The molecule has 1 saturated heterocycles. The van der Waals surface area contributed by atoms with E-state index in [9.17, 15) is 4.79 Å². The Morgan fingerprint density at radius 1 is 1.14 bits per heavy atom. The summed E-state index contributed by atoms with van der Waals surface area (Å²) in [7, 11) is 3.21. The Kier molecular flexibility index (Phi) is 6.95. The lowest BCUT2D eigenvalue weighted by Crippen LogP contribution is -2.31. The number of thioether (sulfide) groups is 1. The topological polar surface area (TPSA) is 63.5 Å². The standard InChI is InChI=1S/C20H20ClN3O3S/c1-26-17-8-5-14(11-18(17)27-2)9-10-24-19(25)13-28-20(24)23-22-12-15-3-6-16(21)7-4-15/h3-8,11-12H,9-10,13H2,1-2H3/b22-12+,23-20-. The molecule has 1 aliphatic rings. The maximum atomic E-state index is 12.2. The molecule has 0 radical (unpaired) electrons. The third kappa shape index (κ3) is 5.05. The fraction of sp³-hybridized carbons (Fsp3) is 0.250. The van der Waals surface area contributed by atoms with Crippen LogP contribution in [0.25, 0.3) is 0 Å². The molecule has 2 aromatic carbocycles. The monoisotopic (exact) mass is 417 g/mol. The molecule has 0 unspecified atom stereocenters. The van der Waals surface area contributed by atoms with Crippen molar-refractivity contribution in [3.63, 3.8) is 0 Å². The number of amides is 1. The zero-order valence-electron chi connectivity index (χ0n) is 15.6. The number of hydrogen-bond donors (Lipinski definition) is 0. The predicted molar refractivity (Wildman–Crippen MR) is 114 cm³/mol. The molecule has 0 N–H and O–H groups in total. The van der Waals surface area contributed by atoms with Crippen LogP contribution in [0.4, 0.5) is 0 Å². The number of methoxy groups -OCH3 is 2. The Morgan fingerprint density at radius 2 is 1.89 bits per heavy atom. The summed E-state index contributed by atoms with van der Waals surface area (Å²) in [6, 6.07) is 13.0. The fourth-order valence-electron chi connectivity index (χ4n) is 2.66. The van der Waals surface area contributed by atoms with Crippen LogP contribution in [0.3, 0.4) is 0 Å². The molecule has 146 valence electrons. The summed E-state index contributed by atoms with van der Waals surface area (Å²) in [5, 5.41) is 9.61. The summed E-state index contributed by atoms with van der Waals surface area (Å²) in [4.78, 5) is 13.9. The number of halogens is 1. The summed E-state index contributed by atoms with van der Waals surface area (Å²) in [5.41, 5.74) is 1.94. The number of amidine groups is 1. The van der Waals surface area contributed by atoms with Crippen molar-refractivity contribution in [3.05, 3.63) is 58.6 Å². The molecular weight excluding hydrogens is 398 g/mol. The summed E-state index contributed by atoms with van der Waals surface area (Å²) >= 11 is 7.26. The van der Waals surface area contributed by atoms with Crippen LogP contribution in [0, 0.1) is 0 Å². The van der Waals surface area contributed by atoms with Gasteiger partial charge in [0.2, 0.25) is 5.91 Å². The van der Waals surface area contributed by atoms with Crippen molar-refractivity contribution in [2.24, 2.45) is 10.2 Å². The highest BCUT2D eigenvalue weighted by Gasteiger charge is 2.28. The van der Waals surface area contributed by atoms with Crippen LogP contribution in [0.2, 0.25) is 5.02 Å². The molecule has 1 amide bonds. The van der Waals surface area contributed by atoms with Crippen molar-refractivity contribution in [1.29, 1.82) is 0 Å². The maximum absolute atomic E-state index is 12.2. The van der Waals surface area contributed by atoms with Crippen molar-refractivity contribution in [3.8, 4) is 11.5 Å². The molecule has 28 heavy (non-hydrogen) atoms. The van der Waals surface area contributed by atoms with Gasteiger partial charge in [-0.2, -0.15) is 5.10 Å². The number of nitrogens with zero attached hydrogens (tertiary/aromatic N) is 3. The van der Waals surface area contributed by atoms with Gasteiger partial charge in [0.05, 0.1) is 26.2 Å². The van der Waals surface area contributed by atoms with Gasteiger partial charge in [0.15, 0.2) is 16.7 Å². The lowest BCUT2D eigenvalue weighted by atomic mass is 10.1. The Labute approximate surface area is 173 Å². The first kappa shape index (κ1) is 20.2. The number of rotatable bonds is 7. The van der Waals surface area contributed by atoms with E-state index in [2.05, 4.69) is 10.2 Å². The second-order valence-electron chi connectivity index (χ2n) is 5.95. The normalized spacial score (nSPS) is 15.6. The predicted octanol–water partition coefficient (Wildman–Crippen LogP) is 3.87. The molecule has 1 heterocycles. The van der Waals surface area contributed by atoms with Crippen molar-refractivity contribution in [2.75, 3.05) is 26.5 Å². The van der Waals surface area contributed by atoms with Crippen LogP contribution < -0.4 is 9.47 Å². The first-order valence-electron chi connectivity index (χ1n) is 8.61. The van der Waals surface area contributed by atoms with Gasteiger partial charge in [0.1, 0.15) is 0 Å². The fourth-order valence-corrected chi connectivity index (χ4v) is 3.65. The third-order valence-corrected chi connectivity index (χ3v) is 5.35. The van der Waals surface area contributed by atoms with Crippen LogP contribution in [-0.4, -0.2) is 48.7 Å². The number of hydrogen-bond acceptors (Lipinski definition) is 6. The van der Waals surface area contributed by atoms with Crippen molar-refractivity contribution < 1.29 is 14.3 Å². The van der Waals surface area contributed by atoms with Crippen LogP contribution in [0.5, 0.6) is 11.5 Å². The molecular formula is C20H20ClN3O3S. The summed E-state index contributed by atoms with van der Waals surface area (Å²) in [6.07, 6.45) is 2.31. The highest BCUT2D eigenvalue weighted by Crippen LogP contribution is 2.28. The summed E-state index contributed by atoms with van der Waals surface area (Å²) in [5.74, 6) is 1.76. The van der Waals surface area contributed by atoms with Gasteiger partial charge in [-0.1, -0.05) is 41.6 Å². The lowest BCUT2D eigenvalue weighted by Gasteiger charge is -2.15. The van der Waals surface area contributed by atoms with Crippen molar-refractivity contribution >= 4 is 40.7 Å². The molecule has 0 saturated carbocycles. The van der Waals surface area contributed by atoms with E-state index in [1.807, 2.05) is 30.3 Å². The van der Waals surface area contributed by atoms with Crippen LogP contribution >= 0.6 is 23.4 Å². The van der Waals surface area contributed by atoms with Crippen molar-refractivity contribution in [1.82, 2.24) is 4.90 Å². The van der Waals surface area contributed by atoms with E-state index in [0.717, 1.165) is 11.1 Å². The minimum Gasteiger partial charge on any atom is -0.493 e. The van der Waals surface area contributed by atoms with Gasteiger partial charge in [0, 0.05) is 11.6 Å². The van der Waals surface area contributed by atoms with E-state index in [-0.39, 0.29) is 5.91 Å². The Morgan fingerprint density at radius 3 is 2.61 bits per heavy atom. The number of carbonyl (C=O) groups is 1. The zero-order chi connectivity index (χ0) is 19.9. The first-order valence-corrected chi connectivity index (χ1v) is 9.97. The molecule has 3 rings (SSSR count). The minimum absolute atomic E-state index is 0.0333. The molecule has 0 aromatic heterocycles. The molecule has 8 heteroatoms. The van der Waals surface area contributed by atoms with Gasteiger partial charge < -0.3 is 9.47 Å². The average Bonchev–Trinajstić information content (AvgIpc) is 3.07. The second-order valence-corrected chi connectivity index (χ2v) is 7.33. The van der Waals surface area contributed by atoms with Gasteiger partial charge in [-0.15, -0.1) is 5.10 Å². The maximum Gasteiger partial charge on any atom is 0.239 e. The van der Waals surface area contributed by atoms with Crippen LogP contribution in [0.15, 0.2) is 52.7 Å². The molecule has 2 aromatic rings. The van der Waals surface area contributed by atoms with Crippen molar-refractivity contribution in [2.45, 2.75) is 6.42 Å². The van der Waals surface area contributed by atoms with Crippen LogP contribution in [-0.2, 0) is 11.2 Å². The van der Waals surface area contributed by atoms with Gasteiger partial charge >= 0.3 is 0 Å². The van der Waals surface area contributed by atoms with E-state index in [0.29, 0.717) is 40.4 Å². The van der Waals surface area contributed by atoms with Crippen LogP contribution in [0.1, 0.15) is 11.1 Å². The SMILES string of the molecule is COc1ccc(CCN2C(=O)CS/C2=N\N=C\c2ccc(Cl)cc2)cc1OC. The molecule has 0 spiro atoms. The third-order valence-electron chi connectivity index (χ3n) is 4.15. The van der Waals surface area contributed by atoms with E-state index in [1.54, 1.807) is 37.5 Å². The molecule has 0 bridgehead atoms. The van der Waals surface area contributed by atoms with E-state index >= 15 is 0 Å². The Balaban J connectivity index is 1.66. The molecule has 6 nitrogen and oxygen atoms in total. The Bertz CT molecular complexity index is 900. The van der Waals surface area contributed by atoms with Gasteiger partial charge in [-0.25, -0.2) is 0 Å². The lowest BCUT2D eigenvalue weighted by molar-refractivity contribution is -0.124. The number of carbonyl (C=O) groups excluding carboxylic acids is 1. The highest BCUT2D eigenvalue weighted by molar-refractivity contribution is 8.15. The number of benzene rings is 2. The highest BCUT2D eigenvalue weighted by atomic mass is 35.5.